The highest BCUT2D eigenvalue weighted by Crippen LogP contribution is 2.19. The molecular weight excluding hydrogens is 200 g/mol. The summed E-state index contributed by atoms with van der Waals surface area (Å²) in [6, 6.07) is 0.597. The number of nitrogens with zero attached hydrogens (tertiary/aromatic N) is 3. The van der Waals surface area contributed by atoms with Gasteiger partial charge in [-0.05, 0) is 33.2 Å². The summed E-state index contributed by atoms with van der Waals surface area (Å²) in [5, 5.41) is 3.47. The first-order chi connectivity index (χ1) is 7.72. The molecule has 1 N–H and O–H groups in total. The Labute approximate surface area is 97.7 Å². The number of rotatable bonds is 3. The summed E-state index contributed by atoms with van der Waals surface area (Å²) < 4.78 is 2.13. The lowest BCUT2D eigenvalue weighted by molar-refractivity contribution is 0.429. The number of hydrogen-bond donors (Lipinski definition) is 1. The van der Waals surface area contributed by atoms with E-state index in [0.29, 0.717) is 6.04 Å². The van der Waals surface area contributed by atoms with Crippen LogP contribution >= 0.6 is 0 Å². The number of aromatic nitrogens is 2. The zero-order chi connectivity index (χ0) is 11.5. The van der Waals surface area contributed by atoms with Gasteiger partial charge in [0.25, 0.3) is 0 Å². The van der Waals surface area contributed by atoms with Crippen LogP contribution in [-0.4, -0.2) is 35.2 Å². The van der Waals surface area contributed by atoms with E-state index in [1.165, 1.54) is 12.8 Å². The molecular formula is C12H22N4. The number of likely N-dealkylation sites (N-methyl/N-ethyl adjacent to an activating group) is 1. The van der Waals surface area contributed by atoms with Gasteiger partial charge in [-0.1, -0.05) is 0 Å². The fourth-order valence-electron chi connectivity index (χ4n) is 2.53. The molecule has 1 aromatic heterocycles. The van der Waals surface area contributed by atoms with Crippen molar-refractivity contribution in [3.63, 3.8) is 0 Å². The van der Waals surface area contributed by atoms with Gasteiger partial charge in [-0.15, -0.1) is 0 Å². The lowest BCUT2D eigenvalue weighted by Crippen LogP contribution is -2.47. The first-order valence-corrected chi connectivity index (χ1v) is 6.19. The normalized spacial score (nSPS) is 21.1. The van der Waals surface area contributed by atoms with E-state index in [9.17, 15) is 0 Å². The van der Waals surface area contributed by atoms with E-state index in [4.69, 9.17) is 0 Å². The Balaban J connectivity index is 2.17. The molecule has 0 radical (unpaired) electrons. The highest BCUT2D eigenvalue weighted by Gasteiger charge is 2.22. The number of anilines is 1. The van der Waals surface area contributed by atoms with E-state index in [-0.39, 0.29) is 0 Å². The fraction of sp³-hybridized carbons (Fsp3) is 0.750. The maximum Gasteiger partial charge on any atom is 0.205 e. The van der Waals surface area contributed by atoms with Crippen LogP contribution in [0.15, 0.2) is 6.20 Å². The Bertz CT molecular complexity index is 339. The van der Waals surface area contributed by atoms with Crippen LogP contribution in [0.2, 0.25) is 0 Å². The molecule has 90 valence electrons. The van der Waals surface area contributed by atoms with Crippen LogP contribution in [-0.2, 0) is 7.05 Å². The Kier molecular flexibility index (Phi) is 3.49. The third kappa shape index (κ3) is 2.21. The molecule has 1 aliphatic rings. The largest absolute Gasteiger partial charge is 0.338 e. The van der Waals surface area contributed by atoms with Crippen LogP contribution in [0.1, 0.15) is 25.5 Å². The van der Waals surface area contributed by atoms with Gasteiger partial charge in [0.15, 0.2) is 0 Å². The quantitative estimate of drug-likeness (QED) is 0.837. The summed E-state index contributed by atoms with van der Waals surface area (Å²) in [6.07, 6.45) is 4.63. The van der Waals surface area contributed by atoms with Gasteiger partial charge >= 0.3 is 0 Å². The van der Waals surface area contributed by atoms with Crippen molar-refractivity contribution in [2.45, 2.75) is 32.7 Å². The number of imidazole rings is 1. The summed E-state index contributed by atoms with van der Waals surface area (Å²) >= 11 is 0. The number of aryl methyl sites for hydroxylation is 2. The van der Waals surface area contributed by atoms with E-state index in [2.05, 4.69) is 46.9 Å². The molecule has 1 fully saturated rings. The molecule has 0 amide bonds. The third-order valence-electron chi connectivity index (χ3n) is 3.28. The molecule has 1 atom stereocenters. The smallest absolute Gasteiger partial charge is 0.205 e. The SMILES string of the molecule is CCN(c1nc(C)cn1C)C1CCCNC1. The average Bonchev–Trinajstić information content (AvgIpc) is 2.61. The van der Waals surface area contributed by atoms with E-state index in [0.717, 1.165) is 31.3 Å². The van der Waals surface area contributed by atoms with E-state index >= 15 is 0 Å². The predicted molar refractivity (Wildman–Crippen MR) is 66.9 cm³/mol. The fourth-order valence-corrected chi connectivity index (χ4v) is 2.53. The molecule has 1 unspecified atom stereocenters. The Morgan fingerprint density at radius 2 is 2.44 bits per heavy atom. The first-order valence-electron chi connectivity index (χ1n) is 6.19. The summed E-state index contributed by atoms with van der Waals surface area (Å²) in [6.45, 7) is 7.53. The standard InChI is InChI=1S/C12H22N4/c1-4-16(11-6-5-7-13-8-11)12-14-10(2)9-15(12)3/h9,11,13H,4-8H2,1-3H3. The minimum Gasteiger partial charge on any atom is -0.338 e. The molecule has 1 aromatic rings. The van der Waals surface area contributed by atoms with Gasteiger partial charge in [0.05, 0.1) is 5.69 Å². The van der Waals surface area contributed by atoms with E-state index < -0.39 is 0 Å². The maximum absolute atomic E-state index is 4.62. The van der Waals surface area contributed by atoms with Gasteiger partial charge < -0.3 is 14.8 Å². The Morgan fingerprint density at radius 1 is 1.62 bits per heavy atom. The lowest BCUT2D eigenvalue weighted by Gasteiger charge is -2.34. The lowest BCUT2D eigenvalue weighted by atomic mass is 10.1. The van der Waals surface area contributed by atoms with Gasteiger partial charge in [0, 0.05) is 32.4 Å². The van der Waals surface area contributed by atoms with Gasteiger partial charge in [0.1, 0.15) is 0 Å². The van der Waals surface area contributed by atoms with Crippen LogP contribution in [0.25, 0.3) is 0 Å². The molecule has 0 saturated carbocycles. The van der Waals surface area contributed by atoms with Crippen molar-refractivity contribution in [2.75, 3.05) is 24.5 Å². The van der Waals surface area contributed by atoms with Crippen LogP contribution in [0.5, 0.6) is 0 Å². The minimum absolute atomic E-state index is 0.597. The molecule has 1 saturated heterocycles. The summed E-state index contributed by atoms with van der Waals surface area (Å²) in [5.41, 5.74) is 1.10. The molecule has 2 heterocycles. The predicted octanol–water partition coefficient (Wildman–Crippen LogP) is 1.31. The van der Waals surface area contributed by atoms with Gasteiger partial charge in [-0.3, -0.25) is 0 Å². The topological polar surface area (TPSA) is 33.1 Å². The van der Waals surface area contributed by atoms with Crippen molar-refractivity contribution in [1.82, 2.24) is 14.9 Å². The second-order valence-electron chi connectivity index (χ2n) is 4.58. The van der Waals surface area contributed by atoms with Gasteiger partial charge in [-0.25, -0.2) is 4.98 Å². The zero-order valence-electron chi connectivity index (χ0n) is 10.5. The second-order valence-corrected chi connectivity index (χ2v) is 4.58. The summed E-state index contributed by atoms with van der Waals surface area (Å²) in [7, 11) is 2.08. The third-order valence-corrected chi connectivity index (χ3v) is 3.28. The highest BCUT2D eigenvalue weighted by atomic mass is 15.3. The average molecular weight is 222 g/mol. The minimum atomic E-state index is 0.597. The number of piperidine rings is 1. The van der Waals surface area contributed by atoms with Crippen LogP contribution < -0.4 is 10.2 Å². The first kappa shape index (κ1) is 11.5. The molecule has 4 nitrogen and oxygen atoms in total. The van der Waals surface area contributed by atoms with Gasteiger partial charge in [0.2, 0.25) is 5.95 Å². The highest BCUT2D eigenvalue weighted by molar-refractivity contribution is 5.35. The van der Waals surface area contributed by atoms with Gasteiger partial charge in [-0.2, -0.15) is 0 Å². The summed E-state index contributed by atoms with van der Waals surface area (Å²) in [4.78, 5) is 7.03. The molecule has 0 aromatic carbocycles. The molecule has 0 aliphatic carbocycles. The van der Waals surface area contributed by atoms with Crippen LogP contribution in [0.4, 0.5) is 5.95 Å². The molecule has 1 aliphatic heterocycles. The van der Waals surface area contributed by atoms with Crippen molar-refractivity contribution < 1.29 is 0 Å². The molecule has 0 spiro atoms. The van der Waals surface area contributed by atoms with Crippen LogP contribution in [0.3, 0.4) is 0 Å². The zero-order valence-corrected chi connectivity index (χ0v) is 10.5. The van der Waals surface area contributed by atoms with Crippen LogP contribution in [0, 0.1) is 6.92 Å². The second kappa shape index (κ2) is 4.87. The maximum atomic E-state index is 4.62. The molecule has 0 bridgehead atoms. The Hall–Kier alpha value is -1.03. The summed E-state index contributed by atoms with van der Waals surface area (Å²) in [5.74, 6) is 1.11. The molecule has 16 heavy (non-hydrogen) atoms. The van der Waals surface area contributed by atoms with Crippen molar-refractivity contribution in [3.8, 4) is 0 Å². The molecule has 4 heteroatoms. The van der Waals surface area contributed by atoms with Crippen molar-refractivity contribution in [2.24, 2.45) is 7.05 Å². The number of nitrogens with one attached hydrogen (secondary N) is 1. The monoisotopic (exact) mass is 222 g/mol. The van der Waals surface area contributed by atoms with E-state index in [1.54, 1.807) is 0 Å². The van der Waals surface area contributed by atoms with Crippen molar-refractivity contribution >= 4 is 5.95 Å². The number of hydrogen-bond acceptors (Lipinski definition) is 3. The van der Waals surface area contributed by atoms with Crippen molar-refractivity contribution in [3.05, 3.63) is 11.9 Å². The Morgan fingerprint density at radius 3 is 2.94 bits per heavy atom. The van der Waals surface area contributed by atoms with E-state index in [1.807, 2.05) is 0 Å². The van der Waals surface area contributed by atoms with Crippen molar-refractivity contribution in [1.29, 1.82) is 0 Å². The molecule has 2 rings (SSSR count).